The molecule has 0 aliphatic carbocycles. The smallest absolute Gasteiger partial charge is 0.0681 e. The van der Waals surface area contributed by atoms with Crippen molar-refractivity contribution in [3.8, 4) is 0 Å². The first-order valence-electron chi connectivity index (χ1n) is 9.00. The lowest BCUT2D eigenvalue weighted by molar-refractivity contribution is 0.161. The number of hydrogen-bond acceptors (Lipinski definition) is 3. The molecular weight excluding hydrogens is 296 g/mol. The molecule has 0 spiro atoms. The average molecular weight is 324 g/mol. The van der Waals surface area contributed by atoms with Crippen molar-refractivity contribution in [2.45, 2.75) is 45.3 Å². The third kappa shape index (κ3) is 3.97. The van der Waals surface area contributed by atoms with Crippen LogP contribution in [0, 0.1) is 0 Å². The number of nitrogens with zero attached hydrogens (tertiary/aromatic N) is 1. The third-order valence-electron chi connectivity index (χ3n) is 4.68. The number of anilines is 2. The van der Waals surface area contributed by atoms with E-state index < -0.39 is 0 Å². The molecule has 128 valence electrons. The molecular formula is C21H28N2O. The summed E-state index contributed by atoms with van der Waals surface area (Å²) in [5.41, 5.74) is 5.35. The number of aliphatic hydroxyl groups excluding tert-OH is 1. The van der Waals surface area contributed by atoms with Crippen LogP contribution in [0.1, 0.15) is 31.4 Å². The molecule has 0 fully saturated rings. The quantitative estimate of drug-likeness (QED) is 0.851. The summed E-state index contributed by atoms with van der Waals surface area (Å²) in [5, 5.41) is 13.6. The van der Waals surface area contributed by atoms with Crippen LogP contribution >= 0.6 is 0 Å². The Balaban J connectivity index is 1.80. The van der Waals surface area contributed by atoms with Crippen LogP contribution in [0.3, 0.4) is 0 Å². The Hall–Kier alpha value is -1.84. The van der Waals surface area contributed by atoms with Crippen molar-refractivity contribution in [1.29, 1.82) is 0 Å². The van der Waals surface area contributed by atoms with Crippen molar-refractivity contribution < 1.29 is 5.11 Å². The van der Waals surface area contributed by atoms with E-state index in [9.17, 15) is 5.11 Å². The van der Waals surface area contributed by atoms with Gasteiger partial charge in [0.15, 0.2) is 0 Å². The van der Waals surface area contributed by atoms with E-state index in [4.69, 9.17) is 0 Å². The summed E-state index contributed by atoms with van der Waals surface area (Å²) in [7, 11) is 0. The van der Waals surface area contributed by atoms with Gasteiger partial charge in [0.2, 0.25) is 0 Å². The Morgan fingerprint density at radius 3 is 2.04 bits per heavy atom. The molecule has 0 saturated carbocycles. The molecule has 24 heavy (non-hydrogen) atoms. The molecule has 0 aromatic heterocycles. The predicted molar refractivity (Wildman–Crippen MR) is 101 cm³/mol. The number of fused-ring (bicyclic) bond motifs is 2. The van der Waals surface area contributed by atoms with Crippen molar-refractivity contribution >= 4 is 11.4 Å². The Bertz CT molecular complexity index is 621. The number of aliphatic hydroxyl groups is 1. The molecule has 3 heteroatoms. The number of hydrogen-bond donors (Lipinski definition) is 2. The predicted octanol–water partition coefficient (Wildman–Crippen LogP) is 3.67. The van der Waals surface area contributed by atoms with Crippen LogP contribution in [0.5, 0.6) is 0 Å². The van der Waals surface area contributed by atoms with E-state index in [-0.39, 0.29) is 6.10 Å². The van der Waals surface area contributed by atoms with E-state index in [0.717, 1.165) is 25.8 Å². The topological polar surface area (TPSA) is 35.5 Å². The van der Waals surface area contributed by atoms with E-state index >= 15 is 0 Å². The van der Waals surface area contributed by atoms with Crippen molar-refractivity contribution in [2.24, 2.45) is 0 Å². The molecule has 3 rings (SSSR count). The number of nitrogens with one attached hydrogen (secondary N) is 1. The summed E-state index contributed by atoms with van der Waals surface area (Å²) in [6, 6.07) is 17.7. The normalized spacial score (nSPS) is 14.9. The minimum Gasteiger partial charge on any atom is -0.392 e. The standard InChI is InChI=1S/C21H28N2O/c1-16(2)22-15-19(24)13-14-23-20-9-5-3-7-17(20)11-12-18-8-4-6-10-21(18)23/h3-10,16,19,22,24H,11-15H2,1-2H3/t19-/m1/s1. The summed E-state index contributed by atoms with van der Waals surface area (Å²) in [6.45, 7) is 5.69. The second-order valence-corrected chi connectivity index (χ2v) is 6.91. The highest BCUT2D eigenvalue weighted by Crippen LogP contribution is 2.35. The molecule has 0 amide bonds. The Morgan fingerprint density at radius 2 is 1.50 bits per heavy atom. The zero-order chi connectivity index (χ0) is 16.9. The van der Waals surface area contributed by atoms with Gasteiger partial charge in [-0.2, -0.15) is 0 Å². The van der Waals surface area contributed by atoms with Crippen LogP contribution in [0.25, 0.3) is 0 Å². The van der Waals surface area contributed by atoms with E-state index in [2.05, 4.69) is 72.6 Å². The van der Waals surface area contributed by atoms with Gasteiger partial charge in [0.05, 0.1) is 6.10 Å². The highest BCUT2D eigenvalue weighted by molar-refractivity contribution is 5.71. The first kappa shape index (κ1) is 17.0. The first-order valence-corrected chi connectivity index (χ1v) is 9.00. The molecule has 0 unspecified atom stereocenters. The van der Waals surface area contributed by atoms with Gasteiger partial charge in [-0.25, -0.2) is 0 Å². The molecule has 0 radical (unpaired) electrons. The second-order valence-electron chi connectivity index (χ2n) is 6.91. The van der Waals surface area contributed by atoms with Crippen LogP contribution < -0.4 is 10.2 Å². The maximum atomic E-state index is 10.3. The first-order chi connectivity index (χ1) is 11.6. The van der Waals surface area contributed by atoms with Crippen molar-refractivity contribution in [2.75, 3.05) is 18.0 Å². The Kier molecular flexibility index (Phi) is 5.54. The van der Waals surface area contributed by atoms with E-state index in [1.54, 1.807) is 0 Å². The number of para-hydroxylation sites is 2. The van der Waals surface area contributed by atoms with Crippen LogP contribution in [-0.2, 0) is 12.8 Å². The van der Waals surface area contributed by atoms with E-state index in [1.807, 2.05) is 0 Å². The van der Waals surface area contributed by atoms with Crippen LogP contribution in [0.2, 0.25) is 0 Å². The fourth-order valence-corrected chi connectivity index (χ4v) is 3.36. The van der Waals surface area contributed by atoms with Gasteiger partial charge in [0.1, 0.15) is 0 Å². The van der Waals surface area contributed by atoms with Gasteiger partial charge in [-0.1, -0.05) is 50.2 Å². The molecule has 1 aliphatic heterocycles. The molecule has 0 saturated heterocycles. The lowest BCUT2D eigenvalue weighted by atomic mass is 10.0. The van der Waals surface area contributed by atoms with Crippen LogP contribution in [-0.4, -0.2) is 30.3 Å². The van der Waals surface area contributed by atoms with Crippen LogP contribution in [0.15, 0.2) is 48.5 Å². The number of rotatable bonds is 6. The molecule has 1 heterocycles. The van der Waals surface area contributed by atoms with Crippen molar-refractivity contribution in [3.63, 3.8) is 0 Å². The summed E-state index contributed by atoms with van der Waals surface area (Å²) in [5.74, 6) is 0. The minimum absolute atomic E-state index is 0.324. The molecule has 2 aromatic rings. The fraction of sp³-hybridized carbons (Fsp3) is 0.429. The van der Waals surface area contributed by atoms with Gasteiger partial charge < -0.3 is 15.3 Å². The fourth-order valence-electron chi connectivity index (χ4n) is 3.36. The largest absolute Gasteiger partial charge is 0.392 e. The zero-order valence-electron chi connectivity index (χ0n) is 14.7. The second kappa shape index (κ2) is 7.82. The van der Waals surface area contributed by atoms with E-state index in [1.165, 1.54) is 22.5 Å². The summed E-state index contributed by atoms with van der Waals surface area (Å²) >= 11 is 0. The average Bonchev–Trinajstić information content (AvgIpc) is 2.75. The van der Waals surface area contributed by atoms with Gasteiger partial charge in [-0.3, -0.25) is 0 Å². The van der Waals surface area contributed by atoms with Crippen molar-refractivity contribution in [1.82, 2.24) is 5.32 Å². The molecule has 2 aromatic carbocycles. The SMILES string of the molecule is CC(C)NC[C@H](O)CCN1c2ccccc2CCc2ccccc21. The van der Waals surface area contributed by atoms with Crippen LogP contribution in [0.4, 0.5) is 11.4 Å². The Labute approximate surface area is 145 Å². The third-order valence-corrected chi connectivity index (χ3v) is 4.68. The lowest BCUT2D eigenvalue weighted by Gasteiger charge is -2.28. The Morgan fingerprint density at radius 1 is 0.958 bits per heavy atom. The van der Waals surface area contributed by atoms with Gasteiger partial charge >= 0.3 is 0 Å². The molecule has 3 nitrogen and oxygen atoms in total. The van der Waals surface area contributed by atoms with E-state index in [0.29, 0.717) is 12.6 Å². The number of benzene rings is 2. The lowest BCUT2D eigenvalue weighted by Crippen LogP contribution is -2.34. The molecule has 2 N–H and O–H groups in total. The van der Waals surface area contributed by atoms with Gasteiger partial charge in [0, 0.05) is 30.5 Å². The summed E-state index contributed by atoms with van der Waals surface area (Å²) in [4.78, 5) is 2.39. The maximum absolute atomic E-state index is 10.3. The summed E-state index contributed by atoms with van der Waals surface area (Å²) in [6.07, 6.45) is 2.57. The highest BCUT2D eigenvalue weighted by Gasteiger charge is 2.20. The monoisotopic (exact) mass is 324 g/mol. The molecule has 1 aliphatic rings. The van der Waals surface area contributed by atoms with Crippen molar-refractivity contribution in [3.05, 3.63) is 59.7 Å². The van der Waals surface area contributed by atoms with Gasteiger partial charge in [-0.05, 0) is 42.5 Å². The maximum Gasteiger partial charge on any atom is 0.0681 e. The summed E-state index contributed by atoms with van der Waals surface area (Å²) < 4.78 is 0. The highest BCUT2D eigenvalue weighted by atomic mass is 16.3. The zero-order valence-corrected chi connectivity index (χ0v) is 14.7. The molecule has 0 bridgehead atoms. The molecule has 1 atom stereocenters. The number of aryl methyl sites for hydroxylation is 2. The van der Waals surface area contributed by atoms with Gasteiger partial charge in [-0.15, -0.1) is 0 Å². The van der Waals surface area contributed by atoms with Gasteiger partial charge in [0.25, 0.3) is 0 Å². The minimum atomic E-state index is -0.324.